The summed E-state index contributed by atoms with van der Waals surface area (Å²) in [4.78, 5) is 12.7. The molecule has 0 amide bonds. The van der Waals surface area contributed by atoms with E-state index in [2.05, 4.69) is 0 Å². The van der Waals surface area contributed by atoms with Crippen molar-refractivity contribution in [3.05, 3.63) is 58.7 Å². The van der Waals surface area contributed by atoms with Crippen molar-refractivity contribution < 1.29 is 14.3 Å². The fourth-order valence-electron chi connectivity index (χ4n) is 2.55. The first-order chi connectivity index (χ1) is 10.1. The lowest BCUT2D eigenvalue weighted by atomic mass is 9.96. The van der Waals surface area contributed by atoms with E-state index in [0.717, 1.165) is 11.1 Å². The fraction of sp³-hybridized carbons (Fsp3) is 0.278. The van der Waals surface area contributed by atoms with Crippen LogP contribution in [0.2, 0.25) is 0 Å². The average Bonchev–Trinajstić information content (AvgIpc) is 2.50. The quantitative estimate of drug-likeness (QED) is 0.789. The zero-order chi connectivity index (χ0) is 15.0. The van der Waals surface area contributed by atoms with E-state index in [9.17, 15) is 4.79 Å². The Morgan fingerprint density at radius 1 is 1.00 bits per heavy atom. The van der Waals surface area contributed by atoms with Crippen LogP contribution < -0.4 is 9.47 Å². The maximum atomic E-state index is 12.7. The van der Waals surface area contributed by atoms with Gasteiger partial charge in [-0.1, -0.05) is 18.2 Å². The molecule has 0 bridgehead atoms. The van der Waals surface area contributed by atoms with Crippen LogP contribution >= 0.6 is 0 Å². The first-order valence-electron chi connectivity index (χ1n) is 7.07. The van der Waals surface area contributed by atoms with E-state index in [4.69, 9.17) is 9.47 Å². The van der Waals surface area contributed by atoms with Gasteiger partial charge in [0.15, 0.2) is 17.6 Å². The molecular weight excluding hydrogens is 264 g/mol. The number of hydrogen-bond donors (Lipinski definition) is 0. The predicted octanol–water partition coefficient (Wildman–Crippen LogP) is 3.63. The van der Waals surface area contributed by atoms with E-state index < -0.39 is 6.10 Å². The van der Waals surface area contributed by atoms with Crippen LogP contribution in [0.5, 0.6) is 11.5 Å². The molecule has 1 aliphatic heterocycles. The minimum Gasteiger partial charge on any atom is -0.485 e. The summed E-state index contributed by atoms with van der Waals surface area (Å²) >= 11 is 0. The average molecular weight is 282 g/mol. The van der Waals surface area contributed by atoms with Crippen molar-refractivity contribution in [3.8, 4) is 11.5 Å². The number of ether oxygens (including phenoxy) is 2. The van der Waals surface area contributed by atoms with Crippen LogP contribution in [0.1, 0.15) is 27.0 Å². The standard InChI is InChI=1S/C18H18O3/c1-11-8-13(3)14(9-12(11)2)18(19)17-10-20-15-6-4-5-7-16(15)21-17/h4-9,17H,10H2,1-3H3. The first-order valence-corrected chi connectivity index (χ1v) is 7.07. The molecule has 0 saturated carbocycles. The number of rotatable bonds is 2. The van der Waals surface area contributed by atoms with Gasteiger partial charge in [0, 0.05) is 5.56 Å². The predicted molar refractivity (Wildman–Crippen MR) is 81.3 cm³/mol. The molecule has 3 heteroatoms. The fourth-order valence-corrected chi connectivity index (χ4v) is 2.55. The number of carbonyl (C=O) groups excluding carboxylic acids is 1. The summed E-state index contributed by atoms with van der Waals surface area (Å²) in [5.74, 6) is 1.30. The van der Waals surface area contributed by atoms with Gasteiger partial charge in [0.1, 0.15) is 6.61 Å². The van der Waals surface area contributed by atoms with Crippen LogP contribution in [0.25, 0.3) is 0 Å². The molecule has 1 atom stereocenters. The zero-order valence-corrected chi connectivity index (χ0v) is 12.5. The molecule has 2 aromatic carbocycles. The summed E-state index contributed by atoms with van der Waals surface area (Å²) < 4.78 is 11.4. The summed E-state index contributed by atoms with van der Waals surface area (Å²) in [5.41, 5.74) is 3.99. The second-order valence-electron chi connectivity index (χ2n) is 5.48. The minimum atomic E-state index is -0.583. The Balaban J connectivity index is 1.89. The first kappa shape index (κ1) is 13.7. The topological polar surface area (TPSA) is 35.5 Å². The van der Waals surface area contributed by atoms with Crippen molar-refractivity contribution in [2.24, 2.45) is 0 Å². The van der Waals surface area contributed by atoms with Crippen LogP contribution in [-0.4, -0.2) is 18.5 Å². The van der Waals surface area contributed by atoms with Gasteiger partial charge in [0.2, 0.25) is 5.78 Å². The highest BCUT2D eigenvalue weighted by Gasteiger charge is 2.29. The Morgan fingerprint density at radius 3 is 2.43 bits per heavy atom. The minimum absolute atomic E-state index is 0.0231. The lowest BCUT2D eigenvalue weighted by Gasteiger charge is -2.26. The molecule has 0 aromatic heterocycles. The lowest BCUT2D eigenvalue weighted by molar-refractivity contribution is 0.0585. The Hall–Kier alpha value is -2.29. The van der Waals surface area contributed by atoms with Crippen molar-refractivity contribution in [2.45, 2.75) is 26.9 Å². The van der Waals surface area contributed by atoms with Crippen LogP contribution in [0, 0.1) is 20.8 Å². The van der Waals surface area contributed by atoms with Gasteiger partial charge in [-0.3, -0.25) is 4.79 Å². The highest BCUT2D eigenvalue weighted by molar-refractivity contribution is 6.01. The Morgan fingerprint density at radius 2 is 1.67 bits per heavy atom. The molecule has 108 valence electrons. The van der Waals surface area contributed by atoms with Gasteiger partial charge < -0.3 is 9.47 Å². The number of benzene rings is 2. The number of carbonyl (C=O) groups is 1. The third-order valence-corrected chi connectivity index (χ3v) is 3.91. The van der Waals surface area contributed by atoms with E-state index >= 15 is 0 Å². The van der Waals surface area contributed by atoms with E-state index in [-0.39, 0.29) is 12.4 Å². The van der Waals surface area contributed by atoms with Crippen molar-refractivity contribution >= 4 is 5.78 Å². The Kier molecular flexibility index (Phi) is 3.42. The molecule has 0 saturated heterocycles. The van der Waals surface area contributed by atoms with Crippen molar-refractivity contribution in [1.29, 1.82) is 0 Å². The molecule has 2 aromatic rings. The third kappa shape index (κ3) is 2.51. The summed E-state index contributed by atoms with van der Waals surface area (Å²) in [7, 11) is 0. The molecule has 0 radical (unpaired) electrons. The largest absolute Gasteiger partial charge is 0.485 e. The molecular formula is C18H18O3. The second-order valence-corrected chi connectivity index (χ2v) is 5.48. The smallest absolute Gasteiger partial charge is 0.207 e. The van der Waals surface area contributed by atoms with Gasteiger partial charge in [-0.2, -0.15) is 0 Å². The monoisotopic (exact) mass is 282 g/mol. The molecule has 1 heterocycles. The third-order valence-electron chi connectivity index (χ3n) is 3.91. The van der Waals surface area contributed by atoms with Gasteiger partial charge >= 0.3 is 0 Å². The van der Waals surface area contributed by atoms with Gasteiger partial charge in [0.25, 0.3) is 0 Å². The summed E-state index contributed by atoms with van der Waals surface area (Å²) in [6.07, 6.45) is -0.583. The molecule has 21 heavy (non-hydrogen) atoms. The van der Waals surface area contributed by atoms with Gasteiger partial charge in [0.05, 0.1) is 0 Å². The van der Waals surface area contributed by atoms with E-state index in [0.29, 0.717) is 17.1 Å². The molecule has 1 unspecified atom stereocenters. The molecule has 1 aliphatic rings. The Bertz CT molecular complexity index is 704. The highest BCUT2D eigenvalue weighted by atomic mass is 16.6. The molecule has 0 aliphatic carbocycles. The Labute approximate surface area is 124 Å². The molecule has 0 N–H and O–H groups in total. The van der Waals surface area contributed by atoms with Gasteiger partial charge in [-0.25, -0.2) is 0 Å². The van der Waals surface area contributed by atoms with Crippen molar-refractivity contribution in [2.75, 3.05) is 6.61 Å². The highest BCUT2D eigenvalue weighted by Crippen LogP contribution is 2.32. The number of Topliss-reactive ketones (excluding diaryl/α,β-unsaturated/α-hetero) is 1. The molecule has 0 fully saturated rings. The van der Waals surface area contributed by atoms with Crippen molar-refractivity contribution in [3.63, 3.8) is 0 Å². The number of aryl methyl sites for hydroxylation is 3. The number of ketones is 1. The van der Waals surface area contributed by atoms with Crippen LogP contribution in [0.3, 0.4) is 0 Å². The van der Waals surface area contributed by atoms with Crippen molar-refractivity contribution in [1.82, 2.24) is 0 Å². The van der Waals surface area contributed by atoms with Crippen LogP contribution in [0.15, 0.2) is 36.4 Å². The number of para-hydroxylation sites is 2. The van der Waals surface area contributed by atoms with Crippen LogP contribution in [0.4, 0.5) is 0 Å². The maximum Gasteiger partial charge on any atom is 0.207 e. The van der Waals surface area contributed by atoms with Crippen LogP contribution in [-0.2, 0) is 0 Å². The lowest BCUT2D eigenvalue weighted by Crippen LogP contribution is -2.37. The normalized spacial score (nSPS) is 16.6. The maximum absolute atomic E-state index is 12.7. The SMILES string of the molecule is Cc1cc(C)c(C(=O)C2COc3ccccc3O2)cc1C. The summed E-state index contributed by atoms with van der Waals surface area (Å²) in [5, 5.41) is 0. The number of fused-ring (bicyclic) bond motifs is 1. The van der Waals surface area contributed by atoms with Gasteiger partial charge in [-0.05, 0) is 55.7 Å². The van der Waals surface area contributed by atoms with Gasteiger partial charge in [-0.15, -0.1) is 0 Å². The summed E-state index contributed by atoms with van der Waals surface area (Å²) in [6.45, 7) is 6.27. The number of hydrogen-bond acceptors (Lipinski definition) is 3. The van der Waals surface area contributed by atoms with E-state index in [1.807, 2.05) is 57.2 Å². The molecule has 0 spiro atoms. The zero-order valence-electron chi connectivity index (χ0n) is 12.5. The summed E-state index contributed by atoms with van der Waals surface area (Å²) in [6, 6.07) is 11.4. The second kappa shape index (κ2) is 5.24. The molecule has 3 nitrogen and oxygen atoms in total. The molecule has 3 rings (SSSR count). The van der Waals surface area contributed by atoms with E-state index in [1.165, 1.54) is 5.56 Å². The van der Waals surface area contributed by atoms with E-state index in [1.54, 1.807) is 0 Å².